The number of anilines is 1. The second-order valence-corrected chi connectivity index (χ2v) is 10.9. The summed E-state index contributed by atoms with van der Waals surface area (Å²) in [6, 6.07) is 16.7. The Morgan fingerprint density at radius 2 is 1.95 bits per heavy atom. The van der Waals surface area contributed by atoms with Crippen molar-refractivity contribution in [1.82, 2.24) is 14.9 Å². The molecule has 4 aromatic rings. The number of likely N-dealkylation sites (tertiary alicyclic amines) is 1. The first-order valence-corrected chi connectivity index (χ1v) is 15.0. The number of pyridine rings is 2. The number of rotatable bonds is 11. The summed E-state index contributed by atoms with van der Waals surface area (Å²) >= 11 is 6.16. The maximum Gasteiger partial charge on any atom is 0.410 e. The second-order valence-electron chi connectivity index (χ2n) is 10.5. The zero-order valence-electron chi connectivity index (χ0n) is 24.6. The maximum absolute atomic E-state index is 14.4. The van der Waals surface area contributed by atoms with Crippen LogP contribution >= 0.6 is 11.6 Å². The van der Waals surface area contributed by atoms with Gasteiger partial charge in [0, 0.05) is 30.8 Å². The third-order valence-electron chi connectivity index (χ3n) is 7.40. The smallest absolute Gasteiger partial charge is 0.410 e. The summed E-state index contributed by atoms with van der Waals surface area (Å²) in [6.45, 7) is 4.84. The number of fused-ring (bicyclic) bond motifs is 1. The van der Waals surface area contributed by atoms with Crippen LogP contribution in [0.1, 0.15) is 60.6 Å². The molecular formula is C33H34ClFN4O5. The SMILES string of the molecule is CCOC(=O)c1cnc2ccc(Cl)nc2c1N[C@H](C)CCOc1ccc(F)cc1[C@H]1CCCN1C(=O)OCc1ccccc1. The molecule has 9 nitrogen and oxygen atoms in total. The molecule has 0 saturated carbocycles. The first-order chi connectivity index (χ1) is 21.3. The van der Waals surface area contributed by atoms with Crippen LogP contribution in [0.25, 0.3) is 11.0 Å². The van der Waals surface area contributed by atoms with Crippen molar-refractivity contribution >= 4 is 40.4 Å². The summed E-state index contributed by atoms with van der Waals surface area (Å²) in [7, 11) is 0. The molecule has 1 amide bonds. The lowest BCUT2D eigenvalue weighted by molar-refractivity contribution is 0.0527. The van der Waals surface area contributed by atoms with Crippen LogP contribution in [-0.2, 0) is 16.1 Å². The van der Waals surface area contributed by atoms with Gasteiger partial charge in [-0.1, -0.05) is 41.9 Å². The summed E-state index contributed by atoms with van der Waals surface area (Å²) in [4.78, 5) is 36.1. The molecule has 1 aliphatic heterocycles. The standard InChI is InChI=1S/C33H34ClFN4O5/c1-3-42-32(40)25-19-36-26-12-14-29(34)38-31(26)30(25)37-21(2)15-17-43-28-13-11-23(35)18-24(28)27-10-7-16-39(27)33(41)44-20-22-8-5-4-6-9-22/h4-6,8-9,11-14,18-19,21,27H,3,7,10,15-17,20H2,1-2H3,(H,36,37)/t21-,27-/m1/s1. The number of amides is 1. The molecular weight excluding hydrogens is 587 g/mol. The number of carbonyl (C=O) groups is 2. The van der Waals surface area contributed by atoms with E-state index in [1.807, 2.05) is 37.3 Å². The Morgan fingerprint density at radius 3 is 2.75 bits per heavy atom. The van der Waals surface area contributed by atoms with Crippen molar-refractivity contribution in [2.24, 2.45) is 0 Å². The molecule has 0 aliphatic carbocycles. The highest BCUT2D eigenvalue weighted by molar-refractivity contribution is 6.29. The van der Waals surface area contributed by atoms with Gasteiger partial charge in [0.1, 0.15) is 34.4 Å². The molecule has 0 bridgehead atoms. The van der Waals surface area contributed by atoms with Crippen LogP contribution in [0.15, 0.2) is 66.9 Å². The lowest BCUT2D eigenvalue weighted by Gasteiger charge is -2.26. The van der Waals surface area contributed by atoms with Gasteiger partial charge in [-0.25, -0.2) is 19.0 Å². The monoisotopic (exact) mass is 620 g/mol. The first-order valence-electron chi connectivity index (χ1n) is 14.6. The molecule has 0 unspecified atom stereocenters. The van der Waals surface area contributed by atoms with Gasteiger partial charge in [0.25, 0.3) is 0 Å². The predicted octanol–water partition coefficient (Wildman–Crippen LogP) is 7.34. The van der Waals surface area contributed by atoms with Gasteiger partial charge in [-0.05, 0) is 62.6 Å². The number of benzene rings is 2. The number of ether oxygens (including phenoxy) is 3. The molecule has 5 rings (SSSR count). The third kappa shape index (κ3) is 7.37. The minimum Gasteiger partial charge on any atom is -0.493 e. The topological polar surface area (TPSA) is 103 Å². The van der Waals surface area contributed by atoms with Crippen LogP contribution in [0, 0.1) is 5.82 Å². The van der Waals surface area contributed by atoms with E-state index in [-0.39, 0.29) is 42.6 Å². The second kappa shape index (κ2) is 14.4. The molecule has 1 fully saturated rings. The van der Waals surface area contributed by atoms with Crippen molar-refractivity contribution < 1.29 is 28.2 Å². The van der Waals surface area contributed by atoms with Gasteiger partial charge in [-0.15, -0.1) is 0 Å². The van der Waals surface area contributed by atoms with Gasteiger partial charge >= 0.3 is 12.1 Å². The number of hydrogen-bond donors (Lipinski definition) is 1. The molecule has 1 N–H and O–H groups in total. The Bertz CT molecular complexity index is 1620. The zero-order chi connectivity index (χ0) is 31.1. The van der Waals surface area contributed by atoms with Gasteiger partial charge in [0.2, 0.25) is 0 Å². The highest BCUT2D eigenvalue weighted by Gasteiger charge is 2.33. The van der Waals surface area contributed by atoms with Crippen LogP contribution in [0.2, 0.25) is 5.15 Å². The van der Waals surface area contributed by atoms with Gasteiger partial charge in [-0.3, -0.25) is 4.98 Å². The number of nitrogens with one attached hydrogen (secondary N) is 1. The fourth-order valence-electron chi connectivity index (χ4n) is 5.24. The maximum atomic E-state index is 14.4. The predicted molar refractivity (Wildman–Crippen MR) is 165 cm³/mol. The zero-order valence-corrected chi connectivity index (χ0v) is 25.4. The van der Waals surface area contributed by atoms with E-state index in [0.29, 0.717) is 47.4 Å². The molecule has 0 radical (unpaired) electrons. The molecule has 44 heavy (non-hydrogen) atoms. The first kappa shape index (κ1) is 31.0. The van der Waals surface area contributed by atoms with E-state index in [4.69, 9.17) is 25.8 Å². The van der Waals surface area contributed by atoms with E-state index >= 15 is 0 Å². The molecule has 230 valence electrons. The van der Waals surface area contributed by atoms with Crippen molar-refractivity contribution in [3.8, 4) is 5.75 Å². The summed E-state index contributed by atoms with van der Waals surface area (Å²) in [6.07, 6.45) is 2.98. The lowest BCUT2D eigenvalue weighted by atomic mass is 10.0. The van der Waals surface area contributed by atoms with Crippen molar-refractivity contribution in [3.05, 3.63) is 94.5 Å². The van der Waals surface area contributed by atoms with Crippen LogP contribution in [0.5, 0.6) is 5.75 Å². The van der Waals surface area contributed by atoms with Gasteiger partial charge in [-0.2, -0.15) is 0 Å². The average Bonchev–Trinajstić information content (AvgIpc) is 3.51. The van der Waals surface area contributed by atoms with Gasteiger partial charge in [0.05, 0.1) is 30.5 Å². The van der Waals surface area contributed by atoms with E-state index in [9.17, 15) is 14.0 Å². The fourth-order valence-corrected chi connectivity index (χ4v) is 5.39. The number of nitrogens with zero attached hydrogens (tertiary/aromatic N) is 3. The summed E-state index contributed by atoms with van der Waals surface area (Å²) in [5, 5.41) is 3.63. The van der Waals surface area contributed by atoms with Crippen molar-refractivity contribution in [3.63, 3.8) is 0 Å². The fraction of sp³-hybridized carbons (Fsp3) is 0.333. The third-order valence-corrected chi connectivity index (χ3v) is 7.61. The Morgan fingerprint density at radius 1 is 1.14 bits per heavy atom. The van der Waals surface area contributed by atoms with E-state index in [1.165, 1.54) is 18.3 Å². The molecule has 1 aliphatic rings. The van der Waals surface area contributed by atoms with Gasteiger partial charge in [0.15, 0.2) is 0 Å². The Balaban J connectivity index is 1.27. The number of halogens is 2. The number of aromatic nitrogens is 2. The number of carbonyl (C=O) groups excluding carboxylic acids is 2. The lowest BCUT2D eigenvalue weighted by Crippen LogP contribution is -2.31. The van der Waals surface area contributed by atoms with Crippen LogP contribution in [0.4, 0.5) is 14.9 Å². The number of esters is 1. The van der Waals surface area contributed by atoms with Crippen LogP contribution < -0.4 is 10.1 Å². The van der Waals surface area contributed by atoms with Crippen LogP contribution in [-0.4, -0.2) is 52.7 Å². The summed E-state index contributed by atoms with van der Waals surface area (Å²) < 4.78 is 31.4. The van der Waals surface area contributed by atoms with E-state index < -0.39 is 17.9 Å². The Kier molecular flexibility index (Phi) is 10.1. The molecule has 3 heterocycles. The Hall–Kier alpha value is -4.44. The van der Waals surface area contributed by atoms with Crippen LogP contribution in [0.3, 0.4) is 0 Å². The summed E-state index contributed by atoms with van der Waals surface area (Å²) in [5.41, 5.74) is 3.25. The normalized spacial score (nSPS) is 15.2. The molecule has 11 heteroatoms. The summed E-state index contributed by atoms with van der Waals surface area (Å²) in [5.74, 6) is -0.426. The van der Waals surface area contributed by atoms with E-state index in [1.54, 1.807) is 30.0 Å². The minimum absolute atomic E-state index is 0.159. The van der Waals surface area contributed by atoms with E-state index in [0.717, 1.165) is 12.0 Å². The quantitative estimate of drug-likeness (QED) is 0.137. The van der Waals surface area contributed by atoms with Crippen molar-refractivity contribution in [2.45, 2.75) is 51.8 Å². The molecule has 2 aromatic carbocycles. The highest BCUT2D eigenvalue weighted by atomic mass is 35.5. The molecule has 2 aromatic heterocycles. The van der Waals surface area contributed by atoms with Crippen molar-refractivity contribution in [2.75, 3.05) is 25.1 Å². The Labute approximate surface area is 260 Å². The largest absolute Gasteiger partial charge is 0.493 e. The molecule has 1 saturated heterocycles. The van der Waals surface area contributed by atoms with Gasteiger partial charge < -0.3 is 24.4 Å². The molecule has 2 atom stereocenters. The highest BCUT2D eigenvalue weighted by Crippen LogP contribution is 2.38. The van der Waals surface area contributed by atoms with Crippen molar-refractivity contribution in [1.29, 1.82) is 0 Å². The minimum atomic E-state index is -0.519. The molecule has 0 spiro atoms. The van der Waals surface area contributed by atoms with E-state index in [2.05, 4.69) is 15.3 Å². The number of hydrogen-bond acceptors (Lipinski definition) is 8. The average molecular weight is 621 g/mol.